The number of nitrogens with zero attached hydrogens (tertiary/aromatic N) is 1. The SMILES string of the molecule is C=CC[N+]1(CC(C)C)CC[C@]23c4c5ccc(NC(=O)C(OC(F)(F)F)=C(O)c6ccccc6)c4O[C@H]2CCC[C@H]3[C@H]1C5. The van der Waals surface area contributed by atoms with Crippen molar-refractivity contribution in [3.05, 3.63) is 77.6 Å². The molecular weight excluding hydrogens is 545 g/mol. The lowest BCUT2D eigenvalue weighted by Gasteiger charge is -2.62. The number of piperidine rings is 1. The summed E-state index contributed by atoms with van der Waals surface area (Å²) in [6.07, 6.45) is 1.72. The van der Waals surface area contributed by atoms with E-state index in [2.05, 4.69) is 36.6 Å². The van der Waals surface area contributed by atoms with E-state index in [1.165, 1.54) is 17.7 Å². The molecular formula is C33H38F3N2O4+. The number of alkyl halides is 3. The number of ether oxygens (including phenoxy) is 2. The summed E-state index contributed by atoms with van der Waals surface area (Å²) in [4.78, 5) is 13.3. The molecule has 6 rings (SSSR count). The standard InChI is InChI=1S/C33H37F3N2O4/c1-4-16-38(19-20(2)3)17-15-32-23-11-8-12-26(32)41-29-24(14-13-22(27(29)32)18-25(23)38)37-31(40)30(42-33(34,35)36)28(39)21-9-6-5-7-10-21/h4-7,9-10,13-14,20,23,25-26H,1,8,11-12,15-19H2,2-3H3,(H-,37,39,40)/p+1/t23-,25+,26-,32+,38?/m0/s1. The Bertz CT molecular complexity index is 1420. The molecule has 2 N–H and O–H groups in total. The first kappa shape index (κ1) is 28.6. The van der Waals surface area contributed by atoms with Crippen LogP contribution in [0.4, 0.5) is 18.9 Å². The molecule has 2 heterocycles. The van der Waals surface area contributed by atoms with Crippen molar-refractivity contribution >= 4 is 17.4 Å². The monoisotopic (exact) mass is 583 g/mol. The third-order valence-corrected chi connectivity index (χ3v) is 9.91. The molecule has 1 amide bonds. The number of hydrogen-bond donors (Lipinski definition) is 2. The Morgan fingerprint density at radius 1 is 1.24 bits per heavy atom. The Labute approximate surface area is 244 Å². The molecule has 0 aromatic heterocycles. The number of aliphatic hydroxyl groups is 1. The van der Waals surface area contributed by atoms with Crippen molar-refractivity contribution in [1.82, 2.24) is 0 Å². The van der Waals surface area contributed by atoms with Gasteiger partial charge in [0.1, 0.15) is 11.9 Å². The molecule has 6 nitrogen and oxygen atoms in total. The summed E-state index contributed by atoms with van der Waals surface area (Å²) in [5, 5.41) is 13.3. The minimum absolute atomic E-state index is 0.0293. The van der Waals surface area contributed by atoms with Gasteiger partial charge in [-0.2, -0.15) is 0 Å². The van der Waals surface area contributed by atoms with Crippen molar-refractivity contribution in [3.8, 4) is 5.75 Å². The highest BCUT2D eigenvalue weighted by Crippen LogP contribution is 2.64. The highest BCUT2D eigenvalue weighted by atomic mass is 19.4. The second-order valence-electron chi connectivity index (χ2n) is 12.7. The summed E-state index contributed by atoms with van der Waals surface area (Å²) >= 11 is 0. The number of quaternary nitrogens is 1. The Kier molecular flexibility index (Phi) is 7.07. The predicted molar refractivity (Wildman–Crippen MR) is 154 cm³/mol. The molecule has 2 fully saturated rings. The lowest BCUT2D eigenvalue weighted by Crippen LogP contribution is -2.72. The Morgan fingerprint density at radius 2 is 2.00 bits per heavy atom. The van der Waals surface area contributed by atoms with Crippen LogP contribution in [0.2, 0.25) is 0 Å². The van der Waals surface area contributed by atoms with Gasteiger partial charge in [0.15, 0.2) is 5.76 Å². The second-order valence-corrected chi connectivity index (χ2v) is 12.7. The van der Waals surface area contributed by atoms with Gasteiger partial charge in [0.25, 0.3) is 5.91 Å². The number of halogens is 3. The first-order valence-electron chi connectivity index (χ1n) is 14.8. The Hall–Kier alpha value is -3.46. The Balaban J connectivity index is 1.40. The van der Waals surface area contributed by atoms with Crippen molar-refractivity contribution < 1.29 is 37.0 Å². The zero-order valence-corrected chi connectivity index (χ0v) is 24.0. The maximum Gasteiger partial charge on any atom is 0.573 e. The molecule has 1 spiro atoms. The first-order valence-corrected chi connectivity index (χ1v) is 14.8. The van der Waals surface area contributed by atoms with Crippen LogP contribution >= 0.6 is 0 Å². The van der Waals surface area contributed by atoms with E-state index in [9.17, 15) is 23.1 Å². The van der Waals surface area contributed by atoms with Gasteiger partial charge in [-0.3, -0.25) is 4.79 Å². The highest BCUT2D eigenvalue weighted by Gasteiger charge is 2.67. The minimum atomic E-state index is -5.18. The molecule has 224 valence electrons. The average molecular weight is 584 g/mol. The zero-order valence-electron chi connectivity index (χ0n) is 24.0. The number of anilines is 1. The summed E-state index contributed by atoms with van der Waals surface area (Å²) in [5.41, 5.74) is 2.45. The van der Waals surface area contributed by atoms with Gasteiger partial charge in [-0.15, -0.1) is 13.2 Å². The van der Waals surface area contributed by atoms with Gasteiger partial charge in [0, 0.05) is 35.8 Å². The summed E-state index contributed by atoms with van der Waals surface area (Å²) in [6.45, 7) is 11.7. The minimum Gasteiger partial charge on any atom is -0.504 e. The summed E-state index contributed by atoms with van der Waals surface area (Å²) < 4.78 is 51.8. The number of nitrogens with one attached hydrogen (secondary N) is 1. The number of carbonyl (C=O) groups is 1. The third-order valence-electron chi connectivity index (χ3n) is 9.91. The van der Waals surface area contributed by atoms with Crippen molar-refractivity contribution in [2.24, 2.45) is 11.8 Å². The second kappa shape index (κ2) is 10.4. The molecule has 42 heavy (non-hydrogen) atoms. The molecule has 2 aromatic carbocycles. The average Bonchev–Trinajstić information content (AvgIpc) is 3.29. The maximum atomic E-state index is 13.4. The van der Waals surface area contributed by atoms with E-state index in [1.54, 1.807) is 24.3 Å². The number of aliphatic hydroxyl groups excluding tert-OH is 1. The predicted octanol–water partition coefficient (Wildman–Crippen LogP) is 6.87. The van der Waals surface area contributed by atoms with E-state index >= 15 is 0 Å². The zero-order chi connectivity index (χ0) is 29.9. The molecule has 0 radical (unpaired) electrons. The number of hydrogen-bond acceptors (Lipinski definition) is 4. The smallest absolute Gasteiger partial charge is 0.504 e. The van der Waals surface area contributed by atoms with Crippen LogP contribution in [0.15, 0.2) is 60.9 Å². The molecule has 2 aromatic rings. The maximum absolute atomic E-state index is 13.4. The molecule has 1 saturated carbocycles. The molecule has 2 aliphatic heterocycles. The quantitative estimate of drug-likeness (QED) is 0.154. The van der Waals surface area contributed by atoms with Crippen LogP contribution in [0, 0.1) is 11.8 Å². The van der Waals surface area contributed by atoms with E-state index in [-0.39, 0.29) is 17.1 Å². The van der Waals surface area contributed by atoms with Crippen molar-refractivity contribution in [2.75, 3.05) is 25.0 Å². The van der Waals surface area contributed by atoms with E-state index in [0.717, 1.165) is 61.8 Å². The van der Waals surface area contributed by atoms with E-state index in [0.29, 0.717) is 29.3 Å². The number of likely N-dealkylation sites (tertiary alicyclic amines) is 1. The van der Waals surface area contributed by atoms with E-state index < -0.39 is 23.8 Å². The van der Waals surface area contributed by atoms with Crippen molar-refractivity contribution in [2.45, 2.75) is 69.9 Å². The van der Waals surface area contributed by atoms with Crippen molar-refractivity contribution in [3.63, 3.8) is 0 Å². The fourth-order valence-electron chi connectivity index (χ4n) is 8.71. The van der Waals surface area contributed by atoms with Gasteiger partial charge in [-0.05, 0) is 37.0 Å². The van der Waals surface area contributed by atoms with Crippen LogP contribution in [-0.2, 0) is 21.4 Å². The fourth-order valence-corrected chi connectivity index (χ4v) is 8.71. The van der Waals surface area contributed by atoms with Gasteiger partial charge in [0.05, 0.1) is 36.8 Å². The van der Waals surface area contributed by atoms with Gasteiger partial charge in [-0.1, -0.05) is 56.8 Å². The highest BCUT2D eigenvalue weighted by molar-refractivity contribution is 6.07. The van der Waals surface area contributed by atoms with Gasteiger partial charge >= 0.3 is 6.36 Å². The first-order chi connectivity index (χ1) is 20.0. The largest absolute Gasteiger partial charge is 0.573 e. The Morgan fingerprint density at radius 3 is 2.69 bits per heavy atom. The van der Waals surface area contributed by atoms with Gasteiger partial charge in [0.2, 0.25) is 5.76 Å². The topological polar surface area (TPSA) is 67.8 Å². The molecule has 1 unspecified atom stereocenters. The van der Waals surface area contributed by atoms with Crippen LogP contribution in [0.3, 0.4) is 0 Å². The number of rotatable bonds is 8. The lowest BCUT2D eigenvalue weighted by atomic mass is 9.51. The summed E-state index contributed by atoms with van der Waals surface area (Å²) in [6, 6.07) is 11.7. The number of carbonyl (C=O) groups excluding carboxylic acids is 1. The number of benzene rings is 2. The van der Waals surface area contributed by atoms with Crippen LogP contribution in [0.25, 0.3) is 5.76 Å². The summed E-state index contributed by atoms with van der Waals surface area (Å²) in [5.74, 6) is -1.81. The molecule has 1 saturated heterocycles. The summed E-state index contributed by atoms with van der Waals surface area (Å²) in [7, 11) is 0. The van der Waals surface area contributed by atoms with Crippen LogP contribution in [0.1, 0.15) is 56.2 Å². The van der Waals surface area contributed by atoms with Crippen LogP contribution in [-0.4, -0.2) is 53.6 Å². The van der Waals surface area contributed by atoms with E-state index in [1.807, 2.05) is 6.07 Å². The number of amides is 1. The molecule has 4 aliphatic rings. The van der Waals surface area contributed by atoms with Crippen molar-refractivity contribution in [1.29, 1.82) is 0 Å². The normalized spacial score (nSPS) is 29.7. The molecule has 2 aliphatic carbocycles. The van der Waals surface area contributed by atoms with Gasteiger partial charge < -0.3 is 24.4 Å². The van der Waals surface area contributed by atoms with Crippen LogP contribution in [0.5, 0.6) is 5.75 Å². The molecule has 2 bridgehead atoms. The third kappa shape index (κ3) is 4.57. The molecule has 9 heteroatoms. The molecule has 5 atom stereocenters. The van der Waals surface area contributed by atoms with E-state index in [4.69, 9.17) is 4.74 Å². The van der Waals surface area contributed by atoms with Gasteiger partial charge in [-0.25, -0.2) is 0 Å². The lowest BCUT2D eigenvalue weighted by molar-refractivity contribution is -0.960. The van der Waals surface area contributed by atoms with Crippen LogP contribution < -0.4 is 10.1 Å². The fraction of sp³-hybridized carbons (Fsp3) is 0.485.